The molecule has 1 saturated carbocycles. The second-order valence-electron chi connectivity index (χ2n) is 7.52. The molecule has 1 heterocycles. The first-order valence-corrected chi connectivity index (χ1v) is 10.2. The Morgan fingerprint density at radius 3 is 2.34 bits per heavy atom. The number of para-hydroxylation sites is 1. The minimum Gasteiger partial charge on any atom is -0.273 e. The van der Waals surface area contributed by atoms with Crippen molar-refractivity contribution in [2.45, 2.75) is 45.1 Å². The summed E-state index contributed by atoms with van der Waals surface area (Å²) in [4.78, 5) is 30.9. The van der Waals surface area contributed by atoms with Gasteiger partial charge in [-0.25, -0.2) is 10.0 Å². The maximum absolute atomic E-state index is 13.6. The number of rotatable bonds is 3. The molecule has 148 valence electrons. The summed E-state index contributed by atoms with van der Waals surface area (Å²) >= 11 is 0. The summed E-state index contributed by atoms with van der Waals surface area (Å²) < 4.78 is 0. The zero-order valence-corrected chi connectivity index (χ0v) is 16.6. The number of hydrogen-bond acceptors (Lipinski definition) is 3. The highest BCUT2D eigenvalue weighted by Crippen LogP contribution is 2.29. The van der Waals surface area contributed by atoms with Gasteiger partial charge in [0.1, 0.15) is 0 Å². The maximum Gasteiger partial charge on any atom is 0.277 e. The summed E-state index contributed by atoms with van der Waals surface area (Å²) in [5, 5.41) is 4.12. The molecule has 3 aromatic rings. The molecular weight excluding hydrogens is 362 g/mol. The third kappa shape index (κ3) is 3.99. The fourth-order valence-corrected chi connectivity index (χ4v) is 4.10. The van der Waals surface area contributed by atoms with Crippen molar-refractivity contribution in [2.75, 3.05) is 5.01 Å². The van der Waals surface area contributed by atoms with E-state index in [1.165, 1.54) is 18.4 Å². The monoisotopic (exact) mass is 387 g/mol. The van der Waals surface area contributed by atoms with Crippen LogP contribution in [0, 0.1) is 0 Å². The third-order valence-corrected chi connectivity index (χ3v) is 5.49. The predicted octanol–water partition coefficient (Wildman–Crippen LogP) is 4.98. The maximum atomic E-state index is 13.6. The molecule has 0 bridgehead atoms. The zero-order chi connectivity index (χ0) is 20.2. The van der Waals surface area contributed by atoms with Gasteiger partial charge in [0.05, 0.1) is 23.4 Å². The average Bonchev–Trinajstić information content (AvgIpc) is 2.77. The normalized spacial score (nSPS) is 14.5. The number of hydrazine groups is 1. The molecule has 1 fully saturated rings. The number of nitrogens with zero attached hydrogens (tertiary/aromatic N) is 3. The molecule has 0 radical (unpaired) electrons. The van der Waals surface area contributed by atoms with Crippen LogP contribution < -0.4 is 5.01 Å². The molecular formula is C24H25N3O2. The Labute approximate surface area is 170 Å². The molecule has 5 nitrogen and oxygen atoms in total. The van der Waals surface area contributed by atoms with Crippen LogP contribution in [0.15, 0.2) is 66.9 Å². The molecule has 5 heteroatoms. The SMILES string of the molecule is CC(=O)N(C1CCCCC1)N(C(=O)c1ccccc1)c1cnc2ccccc2c1. The number of hydrogen-bond donors (Lipinski definition) is 0. The van der Waals surface area contributed by atoms with Crippen molar-refractivity contribution < 1.29 is 9.59 Å². The molecule has 2 aromatic carbocycles. The van der Waals surface area contributed by atoms with Crippen molar-refractivity contribution in [3.05, 3.63) is 72.4 Å². The van der Waals surface area contributed by atoms with Gasteiger partial charge in [0, 0.05) is 17.9 Å². The van der Waals surface area contributed by atoms with E-state index in [-0.39, 0.29) is 17.9 Å². The van der Waals surface area contributed by atoms with Crippen LogP contribution in [0.25, 0.3) is 10.9 Å². The van der Waals surface area contributed by atoms with Gasteiger partial charge in [-0.3, -0.25) is 14.6 Å². The van der Waals surface area contributed by atoms with Crippen LogP contribution in [0.2, 0.25) is 0 Å². The van der Waals surface area contributed by atoms with Crippen molar-refractivity contribution in [1.29, 1.82) is 0 Å². The lowest BCUT2D eigenvalue weighted by Gasteiger charge is -2.41. The number of fused-ring (bicyclic) bond motifs is 1. The fourth-order valence-electron chi connectivity index (χ4n) is 4.10. The van der Waals surface area contributed by atoms with E-state index in [0.717, 1.165) is 36.6 Å². The highest BCUT2D eigenvalue weighted by molar-refractivity contribution is 6.07. The van der Waals surface area contributed by atoms with Crippen molar-refractivity contribution in [2.24, 2.45) is 0 Å². The minimum atomic E-state index is -0.219. The number of carbonyl (C=O) groups excluding carboxylic acids is 2. The third-order valence-electron chi connectivity index (χ3n) is 5.49. The second-order valence-corrected chi connectivity index (χ2v) is 7.52. The standard InChI is InChI=1S/C24H25N3O2/c1-18(28)26(21-13-6-3-7-14-21)27(24(29)19-10-4-2-5-11-19)22-16-20-12-8-9-15-23(20)25-17-22/h2,4-5,8-12,15-17,21H,3,6-7,13-14H2,1H3. The quantitative estimate of drug-likeness (QED) is 0.596. The van der Waals surface area contributed by atoms with Crippen molar-refractivity contribution >= 4 is 28.4 Å². The number of aromatic nitrogens is 1. The first kappa shape index (κ1) is 19.1. The first-order valence-electron chi connectivity index (χ1n) is 10.2. The molecule has 1 aromatic heterocycles. The van der Waals surface area contributed by atoms with Crippen LogP contribution in [0.5, 0.6) is 0 Å². The zero-order valence-electron chi connectivity index (χ0n) is 16.6. The van der Waals surface area contributed by atoms with Crippen LogP contribution in [-0.4, -0.2) is 27.8 Å². The molecule has 1 aliphatic rings. The van der Waals surface area contributed by atoms with Crippen LogP contribution >= 0.6 is 0 Å². The van der Waals surface area contributed by atoms with E-state index in [9.17, 15) is 9.59 Å². The predicted molar refractivity (Wildman–Crippen MR) is 114 cm³/mol. The summed E-state index contributed by atoms with van der Waals surface area (Å²) in [7, 11) is 0. The molecule has 0 saturated heterocycles. The van der Waals surface area contributed by atoms with Crippen LogP contribution in [0.3, 0.4) is 0 Å². The highest BCUT2D eigenvalue weighted by Gasteiger charge is 2.33. The van der Waals surface area contributed by atoms with Crippen LogP contribution in [-0.2, 0) is 4.79 Å². The van der Waals surface area contributed by atoms with Gasteiger partial charge in [-0.1, -0.05) is 55.7 Å². The van der Waals surface area contributed by atoms with E-state index < -0.39 is 0 Å². The smallest absolute Gasteiger partial charge is 0.273 e. The Kier molecular flexibility index (Phi) is 5.56. The Morgan fingerprint density at radius 1 is 0.931 bits per heavy atom. The Bertz CT molecular complexity index is 1010. The van der Waals surface area contributed by atoms with Gasteiger partial charge in [0.25, 0.3) is 5.91 Å². The molecule has 2 amide bonds. The average molecular weight is 387 g/mol. The van der Waals surface area contributed by atoms with E-state index in [1.807, 2.05) is 48.5 Å². The first-order chi connectivity index (χ1) is 14.1. The summed E-state index contributed by atoms with van der Waals surface area (Å²) in [5.41, 5.74) is 2.01. The van der Waals surface area contributed by atoms with E-state index in [0.29, 0.717) is 11.3 Å². The number of carbonyl (C=O) groups is 2. The van der Waals surface area contributed by atoms with Gasteiger partial charge in [0.2, 0.25) is 5.91 Å². The van der Waals surface area contributed by atoms with Crippen LogP contribution in [0.1, 0.15) is 49.4 Å². The highest BCUT2D eigenvalue weighted by atomic mass is 16.2. The summed E-state index contributed by atoms with van der Waals surface area (Å²) in [5.74, 6) is -0.349. The van der Waals surface area contributed by atoms with Gasteiger partial charge in [0.15, 0.2) is 0 Å². The molecule has 1 aliphatic carbocycles. The number of pyridine rings is 1. The lowest BCUT2D eigenvalue weighted by Crippen LogP contribution is -2.55. The summed E-state index contributed by atoms with van der Waals surface area (Å²) in [6, 6.07) is 18.8. The van der Waals surface area contributed by atoms with Crippen molar-refractivity contribution in [1.82, 2.24) is 9.99 Å². The van der Waals surface area contributed by atoms with Gasteiger partial charge >= 0.3 is 0 Å². The molecule has 0 unspecified atom stereocenters. The Balaban J connectivity index is 1.82. The van der Waals surface area contributed by atoms with Gasteiger partial charge in [-0.2, -0.15) is 0 Å². The molecule has 4 rings (SSSR count). The van der Waals surface area contributed by atoms with E-state index in [4.69, 9.17) is 0 Å². The lowest BCUT2D eigenvalue weighted by molar-refractivity contribution is -0.132. The molecule has 0 N–H and O–H groups in total. The van der Waals surface area contributed by atoms with E-state index in [1.54, 1.807) is 23.3 Å². The van der Waals surface area contributed by atoms with Gasteiger partial charge in [-0.05, 0) is 37.1 Å². The number of amides is 2. The summed E-state index contributed by atoms with van der Waals surface area (Å²) in [6.45, 7) is 1.54. The summed E-state index contributed by atoms with van der Waals surface area (Å²) in [6.07, 6.45) is 6.79. The fraction of sp³-hybridized carbons (Fsp3) is 0.292. The van der Waals surface area contributed by atoms with Crippen molar-refractivity contribution in [3.63, 3.8) is 0 Å². The van der Waals surface area contributed by atoms with Gasteiger partial charge in [-0.15, -0.1) is 0 Å². The topological polar surface area (TPSA) is 53.5 Å². The van der Waals surface area contributed by atoms with Crippen molar-refractivity contribution in [3.8, 4) is 0 Å². The number of benzene rings is 2. The minimum absolute atomic E-state index is 0.0142. The van der Waals surface area contributed by atoms with Gasteiger partial charge < -0.3 is 0 Å². The Hall–Kier alpha value is -3.21. The molecule has 0 aliphatic heterocycles. The molecule has 29 heavy (non-hydrogen) atoms. The molecule has 0 spiro atoms. The lowest BCUT2D eigenvalue weighted by atomic mass is 9.95. The van der Waals surface area contributed by atoms with Crippen LogP contribution in [0.4, 0.5) is 5.69 Å². The Morgan fingerprint density at radius 2 is 1.62 bits per heavy atom. The van der Waals surface area contributed by atoms with E-state index in [2.05, 4.69) is 4.98 Å². The largest absolute Gasteiger partial charge is 0.277 e. The second kappa shape index (κ2) is 8.43. The molecule has 0 atom stereocenters. The van der Waals surface area contributed by atoms with E-state index >= 15 is 0 Å². The number of anilines is 1.